The van der Waals surface area contributed by atoms with Gasteiger partial charge in [-0.1, -0.05) is 60.2 Å². The molecule has 2 aliphatic heterocycles. The number of aryl methyl sites for hydroxylation is 1. The lowest BCUT2D eigenvalue weighted by Gasteiger charge is -2.37. The Bertz CT molecular complexity index is 836. The number of rotatable bonds is 5. The van der Waals surface area contributed by atoms with Crippen LogP contribution in [0.3, 0.4) is 0 Å². The largest absolute Gasteiger partial charge is 0.373 e. The lowest BCUT2D eigenvalue weighted by atomic mass is 9.95. The molecule has 2 heterocycles. The summed E-state index contributed by atoms with van der Waals surface area (Å²) in [7, 11) is 1.89. The molecule has 2 aliphatic rings. The quantitative estimate of drug-likeness (QED) is 0.357. The van der Waals surface area contributed by atoms with Gasteiger partial charge in [0.1, 0.15) is 0 Å². The van der Waals surface area contributed by atoms with Gasteiger partial charge in [0, 0.05) is 58.8 Å². The molecule has 2 aromatic carbocycles. The number of nitrogens with zero attached hydrogens (tertiary/aromatic N) is 3. The van der Waals surface area contributed by atoms with Crippen molar-refractivity contribution in [3.63, 3.8) is 0 Å². The Balaban J connectivity index is 0.00000272. The molecule has 2 fully saturated rings. The molecule has 0 bridgehead atoms. The monoisotopic (exact) mass is 534 g/mol. The van der Waals surface area contributed by atoms with Crippen LogP contribution >= 0.6 is 24.0 Å². The molecule has 2 unspecified atom stereocenters. The third kappa shape index (κ3) is 6.43. The Morgan fingerprint density at radius 1 is 1.06 bits per heavy atom. The molecule has 5 nitrogen and oxygen atoms in total. The smallest absolute Gasteiger partial charge is 0.193 e. The highest BCUT2D eigenvalue weighted by Crippen LogP contribution is 2.33. The number of aliphatic imine (C=N–C) groups is 1. The predicted octanol–water partition coefficient (Wildman–Crippen LogP) is 4.08. The van der Waals surface area contributed by atoms with Crippen LogP contribution in [0.2, 0.25) is 0 Å². The van der Waals surface area contributed by atoms with Gasteiger partial charge in [-0.05, 0) is 24.5 Å². The molecule has 2 aromatic rings. The molecule has 1 N–H and O–H groups in total. The van der Waals surface area contributed by atoms with Crippen LogP contribution < -0.4 is 5.32 Å². The lowest BCUT2D eigenvalue weighted by molar-refractivity contribution is 0.0912. The first-order valence-electron chi connectivity index (χ1n) is 11.1. The Kier molecular flexibility index (Phi) is 9.16. The number of halogens is 1. The third-order valence-electron chi connectivity index (χ3n) is 6.24. The normalized spacial score (nSPS) is 22.3. The molecule has 4 rings (SSSR count). The molecule has 168 valence electrons. The fraction of sp³-hybridized carbons (Fsp3) is 0.480. The van der Waals surface area contributed by atoms with Gasteiger partial charge in [-0.3, -0.25) is 9.89 Å². The molecule has 0 aromatic heterocycles. The van der Waals surface area contributed by atoms with Crippen molar-refractivity contribution in [2.45, 2.75) is 26.0 Å². The van der Waals surface area contributed by atoms with Gasteiger partial charge < -0.3 is 15.0 Å². The van der Waals surface area contributed by atoms with Crippen molar-refractivity contribution in [1.82, 2.24) is 15.1 Å². The van der Waals surface area contributed by atoms with Gasteiger partial charge >= 0.3 is 0 Å². The standard InChI is InChI=1S/C25H34N4O.HI/c1-20-7-6-8-21(17-20)19-28-12-14-29(15-13-28)25(26-2)27-18-23-11-16-30-24(23)22-9-4-3-5-10-22;/h3-10,17,23-24H,11-16,18-19H2,1-2H3,(H,26,27);1H. The summed E-state index contributed by atoms with van der Waals surface area (Å²) in [6.07, 6.45) is 1.27. The van der Waals surface area contributed by atoms with Gasteiger partial charge in [0.15, 0.2) is 5.96 Å². The third-order valence-corrected chi connectivity index (χ3v) is 6.24. The molecule has 0 radical (unpaired) electrons. The van der Waals surface area contributed by atoms with E-state index >= 15 is 0 Å². The molecule has 6 heteroatoms. The lowest BCUT2D eigenvalue weighted by Crippen LogP contribution is -2.52. The van der Waals surface area contributed by atoms with Crippen LogP contribution in [0.4, 0.5) is 0 Å². The molecule has 0 aliphatic carbocycles. The SMILES string of the molecule is CN=C(NCC1CCOC1c1ccccc1)N1CCN(Cc2cccc(C)c2)CC1.I. The Labute approximate surface area is 203 Å². The molecule has 0 amide bonds. The van der Waals surface area contributed by atoms with Crippen molar-refractivity contribution >= 4 is 29.9 Å². The van der Waals surface area contributed by atoms with E-state index in [0.29, 0.717) is 5.92 Å². The van der Waals surface area contributed by atoms with E-state index in [4.69, 9.17) is 4.74 Å². The van der Waals surface area contributed by atoms with Gasteiger partial charge in [0.05, 0.1) is 6.10 Å². The second kappa shape index (κ2) is 11.8. The summed E-state index contributed by atoms with van der Waals surface area (Å²) < 4.78 is 6.04. The highest BCUT2D eigenvalue weighted by Gasteiger charge is 2.30. The van der Waals surface area contributed by atoms with Crippen LogP contribution in [-0.4, -0.2) is 62.1 Å². The number of hydrogen-bond donors (Lipinski definition) is 1. The van der Waals surface area contributed by atoms with Crippen molar-refractivity contribution in [2.75, 3.05) is 46.4 Å². The number of ether oxygens (including phenoxy) is 1. The Hall–Kier alpha value is -1.64. The second-order valence-corrected chi connectivity index (χ2v) is 8.43. The van der Waals surface area contributed by atoms with E-state index in [1.807, 2.05) is 7.05 Å². The molecule has 2 saturated heterocycles. The van der Waals surface area contributed by atoms with Crippen LogP contribution in [0.5, 0.6) is 0 Å². The van der Waals surface area contributed by atoms with E-state index in [9.17, 15) is 0 Å². The summed E-state index contributed by atoms with van der Waals surface area (Å²) in [5.41, 5.74) is 4.01. The number of benzene rings is 2. The number of hydrogen-bond acceptors (Lipinski definition) is 3. The van der Waals surface area contributed by atoms with Gasteiger partial charge in [0.2, 0.25) is 0 Å². The molecular weight excluding hydrogens is 499 g/mol. The first-order valence-corrected chi connectivity index (χ1v) is 11.1. The summed E-state index contributed by atoms with van der Waals surface area (Å²) in [6, 6.07) is 19.4. The average molecular weight is 534 g/mol. The van der Waals surface area contributed by atoms with Gasteiger partial charge in [-0.15, -0.1) is 24.0 Å². The zero-order valence-corrected chi connectivity index (χ0v) is 21.0. The Morgan fingerprint density at radius 2 is 1.84 bits per heavy atom. The predicted molar refractivity (Wildman–Crippen MR) is 138 cm³/mol. The minimum absolute atomic E-state index is 0. The molecule has 0 saturated carbocycles. The van der Waals surface area contributed by atoms with Crippen LogP contribution in [0.1, 0.15) is 29.2 Å². The molecular formula is C25H35IN4O. The molecule has 31 heavy (non-hydrogen) atoms. The van der Waals surface area contributed by atoms with Crippen molar-refractivity contribution < 1.29 is 4.74 Å². The summed E-state index contributed by atoms with van der Waals surface area (Å²) in [5, 5.41) is 3.63. The maximum absolute atomic E-state index is 6.04. The number of piperazine rings is 1. The van der Waals surface area contributed by atoms with Crippen LogP contribution in [0, 0.1) is 12.8 Å². The van der Waals surface area contributed by atoms with Gasteiger partial charge in [0.25, 0.3) is 0 Å². The fourth-order valence-corrected chi connectivity index (χ4v) is 4.60. The van der Waals surface area contributed by atoms with Crippen LogP contribution in [0.25, 0.3) is 0 Å². The maximum Gasteiger partial charge on any atom is 0.193 e. The first kappa shape index (κ1) is 24.0. The summed E-state index contributed by atoms with van der Waals surface area (Å²) >= 11 is 0. The molecule has 2 atom stereocenters. The summed E-state index contributed by atoms with van der Waals surface area (Å²) in [4.78, 5) is 9.49. The highest BCUT2D eigenvalue weighted by atomic mass is 127. The number of guanidine groups is 1. The van der Waals surface area contributed by atoms with E-state index in [0.717, 1.165) is 58.3 Å². The summed E-state index contributed by atoms with van der Waals surface area (Å²) in [6.45, 7) is 9.07. The minimum atomic E-state index is 0. The topological polar surface area (TPSA) is 40.1 Å². The van der Waals surface area contributed by atoms with E-state index in [2.05, 4.69) is 81.6 Å². The van der Waals surface area contributed by atoms with Crippen molar-refractivity contribution in [2.24, 2.45) is 10.9 Å². The second-order valence-electron chi connectivity index (χ2n) is 8.43. The zero-order chi connectivity index (χ0) is 20.8. The first-order chi connectivity index (χ1) is 14.7. The van der Waals surface area contributed by atoms with E-state index in [1.54, 1.807) is 0 Å². The van der Waals surface area contributed by atoms with Crippen LogP contribution in [-0.2, 0) is 11.3 Å². The van der Waals surface area contributed by atoms with Gasteiger partial charge in [-0.25, -0.2) is 0 Å². The van der Waals surface area contributed by atoms with Gasteiger partial charge in [-0.2, -0.15) is 0 Å². The van der Waals surface area contributed by atoms with E-state index in [1.165, 1.54) is 16.7 Å². The van der Waals surface area contributed by atoms with Crippen molar-refractivity contribution in [1.29, 1.82) is 0 Å². The van der Waals surface area contributed by atoms with Crippen molar-refractivity contribution in [3.05, 3.63) is 71.3 Å². The Morgan fingerprint density at radius 3 is 2.55 bits per heavy atom. The maximum atomic E-state index is 6.04. The minimum Gasteiger partial charge on any atom is -0.373 e. The fourth-order valence-electron chi connectivity index (χ4n) is 4.60. The molecule has 0 spiro atoms. The number of nitrogens with one attached hydrogen (secondary N) is 1. The van der Waals surface area contributed by atoms with E-state index < -0.39 is 0 Å². The highest BCUT2D eigenvalue weighted by molar-refractivity contribution is 14.0. The zero-order valence-electron chi connectivity index (χ0n) is 18.7. The van der Waals surface area contributed by atoms with E-state index in [-0.39, 0.29) is 30.1 Å². The van der Waals surface area contributed by atoms with Crippen molar-refractivity contribution in [3.8, 4) is 0 Å². The summed E-state index contributed by atoms with van der Waals surface area (Å²) in [5.74, 6) is 1.50. The average Bonchev–Trinajstić information content (AvgIpc) is 3.24. The van der Waals surface area contributed by atoms with Crippen LogP contribution in [0.15, 0.2) is 59.6 Å².